The minimum absolute atomic E-state index is 0.227. The van der Waals surface area contributed by atoms with Gasteiger partial charge in [0.15, 0.2) is 0 Å². The first-order chi connectivity index (χ1) is 12.5. The lowest BCUT2D eigenvalue weighted by Crippen LogP contribution is -2.41. The van der Waals surface area contributed by atoms with E-state index in [2.05, 4.69) is 43.6 Å². The van der Waals surface area contributed by atoms with E-state index in [4.69, 9.17) is 0 Å². The Hall–Kier alpha value is -2.05. The van der Waals surface area contributed by atoms with Gasteiger partial charge in [0, 0.05) is 53.5 Å². The van der Waals surface area contributed by atoms with Crippen molar-refractivity contribution in [2.24, 2.45) is 0 Å². The van der Waals surface area contributed by atoms with Gasteiger partial charge in [-0.05, 0) is 45.3 Å². The van der Waals surface area contributed by atoms with Crippen molar-refractivity contribution < 1.29 is 9.59 Å². The van der Waals surface area contributed by atoms with Gasteiger partial charge >= 0.3 is 0 Å². The number of benzene rings is 2. The fraction of sp³-hybridized carbons (Fsp3) is 0.400. The van der Waals surface area contributed by atoms with Gasteiger partial charge in [-0.3, -0.25) is 14.5 Å². The Kier molecular flexibility index (Phi) is 5.53. The molecule has 0 atom stereocenters. The molecule has 138 valence electrons. The molecule has 1 aliphatic heterocycles. The Morgan fingerprint density at radius 3 is 2.31 bits per heavy atom. The van der Waals surface area contributed by atoms with Crippen molar-refractivity contribution >= 4 is 40.9 Å². The van der Waals surface area contributed by atoms with E-state index in [0.717, 1.165) is 36.0 Å². The Morgan fingerprint density at radius 1 is 0.962 bits per heavy atom. The molecule has 1 heterocycles. The molecule has 26 heavy (non-hydrogen) atoms. The molecule has 0 bridgehead atoms. The lowest BCUT2D eigenvalue weighted by molar-refractivity contribution is 0.0621. The molecule has 0 spiro atoms. The molecule has 1 aliphatic rings. The Balaban J connectivity index is 2.03. The molecule has 0 aliphatic carbocycles. The number of hydrogen-bond donors (Lipinski definition) is 1. The summed E-state index contributed by atoms with van der Waals surface area (Å²) in [7, 11) is 6.19. The minimum atomic E-state index is -0.227. The van der Waals surface area contributed by atoms with Crippen LogP contribution in [0.25, 0.3) is 10.8 Å². The lowest BCUT2D eigenvalue weighted by atomic mass is 9.92. The molecule has 3 rings (SSSR count). The number of carbonyl (C=O) groups is 2. The number of imide groups is 1. The van der Waals surface area contributed by atoms with Crippen LogP contribution < -0.4 is 4.90 Å². The van der Waals surface area contributed by atoms with E-state index >= 15 is 0 Å². The summed E-state index contributed by atoms with van der Waals surface area (Å²) in [6.45, 7) is 2.24. The highest BCUT2D eigenvalue weighted by atomic mass is 32.1. The summed E-state index contributed by atoms with van der Waals surface area (Å²) in [5.41, 5.74) is 2.25. The van der Waals surface area contributed by atoms with Crippen LogP contribution >= 0.6 is 12.6 Å². The van der Waals surface area contributed by atoms with Crippen LogP contribution in [-0.4, -0.2) is 68.1 Å². The summed E-state index contributed by atoms with van der Waals surface area (Å²) < 4.78 is 0. The van der Waals surface area contributed by atoms with Gasteiger partial charge in [0.25, 0.3) is 11.8 Å². The molecule has 2 aromatic rings. The van der Waals surface area contributed by atoms with E-state index in [1.807, 2.05) is 30.3 Å². The molecule has 0 unspecified atom stereocenters. The van der Waals surface area contributed by atoms with Gasteiger partial charge in [-0.15, -0.1) is 0 Å². The second kappa shape index (κ2) is 7.68. The first-order valence-electron chi connectivity index (χ1n) is 8.84. The highest BCUT2D eigenvalue weighted by Crippen LogP contribution is 2.35. The van der Waals surface area contributed by atoms with Gasteiger partial charge in [0.2, 0.25) is 0 Å². The maximum atomic E-state index is 12.8. The highest BCUT2D eigenvalue weighted by molar-refractivity contribution is 7.80. The van der Waals surface area contributed by atoms with Crippen LogP contribution in [-0.2, 0) is 0 Å². The van der Waals surface area contributed by atoms with Gasteiger partial charge in [0.05, 0.1) is 0 Å². The van der Waals surface area contributed by atoms with E-state index in [9.17, 15) is 9.59 Å². The van der Waals surface area contributed by atoms with Gasteiger partial charge in [0.1, 0.15) is 0 Å². The molecule has 0 radical (unpaired) electrons. The predicted octanol–water partition coefficient (Wildman–Crippen LogP) is 2.75. The Bertz CT molecular complexity index is 828. The summed E-state index contributed by atoms with van der Waals surface area (Å²) in [4.78, 5) is 31.2. The van der Waals surface area contributed by atoms with Crippen LogP contribution in [0, 0.1) is 0 Å². The van der Waals surface area contributed by atoms with Gasteiger partial charge in [-0.2, -0.15) is 12.6 Å². The van der Waals surface area contributed by atoms with Gasteiger partial charge < -0.3 is 9.80 Å². The topological polar surface area (TPSA) is 43.9 Å². The van der Waals surface area contributed by atoms with Gasteiger partial charge in [-0.25, -0.2) is 0 Å². The maximum absolute atomic E-state index is 12.8. The zero-order valence-corrected chi connectivity index (χ0v) is 16.4. The third-order valence-electron chi connectivity index (χ3n) is 4.80. The molecular weight excluding hydrogens is 346 g/mol. The Morgan fingerprint density at radius 2 is 1.65 bits per heavy atom. The van der Waals surface area contributed by atoms with Crippen LogP contribution in [0.2, 0.25) is 0 Å². The second-order valence-electron chi connectivity index (χ2n) is 6.92. The Labute approximate surface area is 160 Å². The third-order valence-corrected chi connectivity index (χ3v) is 5.00. The summed E-state index contributed by atoms with van der Waals surface area (Å²) >= 11 is 4.18. The van der Waals surface area contributed by atoms with Crippen LogP contribution in [0.1, 0.15) is 27.1 Å². The minimum Gasteiger partial charge on any atom is -0.374 e. The normalized spacial score (nSPS) is 13.8. The van der Waals surface area contributed by atoms with Crippen LogP contribution in [0.15, 0.2) is 30.3 Å². The van der Waals surface area contributed by atoms with Crippen LogP contribution in [0.3, 0.4) is 0 Å². The standard InChI is InChI=1S/C20H25N3O2S/c1-21(2)10-5-11-22(3)17-9-8-16-18-14(17)6-4-7-15(18)19(24)23(12-13-26)20(16)25/h4,6-9,26H,5,10-13H2,1-3H3. The largest absolute Gasteiger partial charge is 0.374 e. The summed E-state index contributed by atoms with van der Waals surface area (Å²) in [5.74, 6) is -0.000662. The number of thiol groups is 1. The molecule has 0 saturated carbocycles. The molecule has 0 fully saturated rings. The van der Waals surface area contributed by atoms with E-state index in [0.29, 0.717) is 23.4 Å². The van der Waals surface area contributed by atoms with Crippen molar-refractivity contribution in [2.75, 3.05) is 51.4 Å². The number of rotatable bonds is 7. The average Bonchev–Trinajstić information content (AvgIpc) is 2.62. The number of amides is 2. The fourth-order valence-electron chi connectivity index (χ4n) is 3.51. The van der Waals surface area contributed by atoms with Crippen LogP contribution in [0.5, 0.6) is 0 Å². The van der Waals surface area contributed by atoms with Crippen molar-refractivity contribution in [3.8, 4) is 0 Å². The fourth-order valence-corrected chi connectivity index (χ4v) is 3.71. The zero-order chi connectivity index (χ0) is 18.8. The number of carbonyl (C=O) groups excluding carboxylic acids is 2. The number of hydrogen-bond acceptors (Lipinski definition) is 5. The first-order valence-corrected chi connectivity index (χ1v) is 9.47. The molecule has 0 aromatic heterocycles. The van der Waals surface area contributed by atoms with Gasteiger partial charge in [-0.1, -0.05) is 12.1 Å². The zero-order valence-electron chi connectivity index (χ0n) is 15.5. The van der Waals surface area contributed by atoms with E-state index < -0.39 is 0 Å². The van der Waals surface area contributed by atoms with E-state index in [1.165, 1.54) is 4.90 Å². The van der Waals surface area contributed by atoms with Crippen molar-refractivity contribution in [2.45, 2.75) is 6.42 Å². The summed E-state index contributed by atoms with van der Waals surface area (Å²) in [5, 5.41) is 1.73. The summed E-state index contributed by atoms with van der Waals surface area (Å²) in [6.07, 6.45) is 1.04. The number of anilines is 1. The molecule has 2 amide bonds. The van der Waals surface area contributed by atoms with E-state index in [1.54, 1.807) is 0 Å². The maximum Gasteiger partial charge on any atom is 0.261 e. The molecule has 5 nitrogen and oxygen atoms in total. The predicted molar refractivity (Wildman–Crippen MR) is 110 cm³/mol. The molecule has 0 saturated heterocycles. The molecular formula is C20H25N3O2S. The SMILES string of the molecule is CN(C)CCCN(C)c1ccc2c3c(cccc13)C(=O)N(CCS)C2=O. The average molecular weight is 372 g/mol. The molecule has 0 N–H and O–H groups in total. The first kappa shape index (κ1) is 18.7. The highest BCUT2D eigenvalue weighted by Gasteiger charge is 2.32. The van der Waals surface area contributed by atoms with Crippen LogP contribution in [0.4, 0.5) is 5.69 Å². The quantitative estimate of drug-likeness (QED) is 0.600. The van der Waals surface area contributed by atoms with Crippen molar-refractivity contribution in [3.05, 3.63) is 41.5 Å². The molecule has 2 aromatic carbocycles. The summed E-state index contributed by atoms with van der Waals surface area (Å²) in [6, 6.07) is 9.54. The lowest BCUT2D eigenvalue weighted by Gasteiger charge is -2.29. The number of nitrogens with zero attached hydrogens (tertiary/aromatic N) is 3. The smallest absolute Gasteiger partial charge is 0.261 e. The van der Waals surface area contributed by atoms with Crippen molar-refractivity contribution in [1.82, 2.24) is 9.80 Å². The van der Waals surface area contributed by atoms with Crippen molar-refractivity contribution in [3.63, 3.8) is 0 Å². The molecule has 6 heteroatoms. The van der Waals surface area contributed by atoms with E-state index in [-0.39, 0.29) is 11.8 Å². The van der Waals surface area contributed by atoms with Crippen molar-refractivity contribution in [1.29, 1.82) is 0 Å². The monoisotopic (exact) mass is 371 g/mol. The third kappa shape index (κ3) is 3.31. The second-order valence-corrected chi connectivity index (χ2v) is 7.37.